The van der Waals surface area contributed by atoms with Crippen molar-refractivity contribution >= 4 is 17.9 Å². The van der Waals surface area contributed by atoms with Crippen LogP contribution in [-0.2, 0) is 28.6 Å². The fraction of sp³-hybridized carbons (Fsp3) is 0.773. The number of rotatable bonds is 56. The lowest BCUT2D eigenvalue weighted by Crippen LogP contribution is -2.30. The SMILES string of the molecule is CC/C=C\C/C=C\C/C=C\C/C=C\C/C=C\C/C=C\CCCCC(=O)OCC(COC(=O)CCCCCCCCCCCCCC)OC(=O)CCCCCCCCCCCCCCCCCCCCCCC. The average molecular weight is 1010 g/mol. The Kier molecular flexibility index (Phi) is 57.8. The summed E-state index contributed by atoms with van der Waals surface area (Å²) in [4.78, 5) is 38.2. The molecule has 6 nitrogen and oxygen atoms in total. The normalized spacial score (nSPS) is 12.5. The number of esters is 3. The molecule has 0 N–H and O–H groups in total. The van der Waals surface area contributed by atoms with Gasteiger partial charge in [0.05, 0.1) is 0 Å². The van der Waals surface area contributed by atoms with Gasteiger partial charge in [-0.1, -0.05) is 293 Å². The van der Waals surface area contributed by atoms with E-state index >= 15 is 0 Å². The standard InChI is InChI=1S/C66H116O6/c1-4-7-10-13-16-19-22-25-27-29-31-33-35-37-39-41-44-47-50-53-56-59-65(68)71-62-63(61-70-64(67)58-55-52-49-46-43-24-21-18-15-12-9-6-3)72-66(69)60-57-54-51-48-45-42-40-38-36-34-32-30-28-26-23-20-17-14-11-8-5-2/h7,10,16,19,25,27,31,33,37,39,44,47,63H,4-6,8-9,11-15,17-18,20-24,26,28-30,32,34-36,38,40-43,45-46,48-62H2,1-3H3/b10-7-,19-16-,27-25-,33-31-,39-37-,47-44-. The summed E-state index contributed by atoms with van der Waals surface area (Å²) in [6, 6.07) is 0. The van der Waals surface area contributed by atoms with E-state index in [2.05, 4.69) is 93.7 Å². The van der Waals surface area contributed by atoms with Gasteiger partial charge in [0.25, 0.3) is 0 Å². The molecule has 0 saturated heterocycles. The Bertz CT molecular complexity index is 1340. The summed E-state index contributed by atoms with van der Waals surface area (Å²) in [7, 11) is 0. The predicted octanol–water partition coefficient (Wildman–Crippen LogP) is 20.9. The van der Waals surface area contributed by atoms with Gasteiger partial charge in [0.1, 0.15) is 13.2 Å². The first-order valence-electron chi connectivity index (χ1n) is 30.9. The quantitative estimate of drug-likeness (QED) is 0.0261. The van der Waals surface area contributed by atoms with Gasteiger partial charge in [0, 0.05) is 19.3 Å². The Morgan fingerprint density at radius 1 is 0.292 bits per heavy atom. The minimum Gasteiger partial charge on any atom is -0.462 e. The largest absolute Gasteiger partial charge is 0.462 e. The predicted molar refractivity (Wildman–Crippen MR) is 311 cm³/mol. The average Bonchev–Trinajstić information content (AvgIpc) is 3.38. The van der Waals surface area contributed by atoms with E-state index in [-0.39, 0.29) is 31.1 Å². The molecule has 0 heterocycles. The Labute approximate surface area is 446 Å². The lowest BCUT2D eigenvalue weighted by molar-refractivity contribution is -0.167. The Morgan fingerprint density at radius 2 is 0.542 bits per heavy atom. The molecule has 6 heteroatoms. The summed E-state index contributed by atoms with van der Waals surface area (Å²) in [5, 5.41) is 0. The zero-order valence-corrected chi connectivity index (χ0v) is 47.7. The number of hydrogen-bond acceptors (Lipinski definition) is 6. The van der Waals surface area contributed by atoms with E-state index in [0.717, 1.165) is 96.3 Å². The summed E-state index contributed by atoms with van der Waals surface area (Å²) in [5.74, 6) is -0.915. The molecule has 0 saturated carbocycles. The molecular formula is C66H116O6. The van der Waals surface area contributed by atoms with Crippen LogP contribution in [-0.4, -0.2) is 37.2 Å². The monoisotopic (exact) mass is 1000 g/mol. The van der Waals surface area contributed by atoms with Crippen LogP contribution in [0.1, 0.15) is 310 Å². The fourth-order valence-corrected chi connectivity index (χ4v) is 8.86. The van der Waals surface area contributed by atoms with Crippen LogP contribution in [0.4, 0.5) is 0 Å². The fourth-order valence-electron chi connectivity index (χ4n) is 8.86. The molecule has 0 aliphatic heterocycles. The van der Waals surface area contributed by atoms with Gasteiger partial charge < -0.3 is 14.2 Å². The van der Waals surface area contributed by atoms with Crippen molar-refractivity contribution in [1.82, 2.24) is 0 Å². The smallest absolute Gasteiger partial charge is 0.306 e. The molecule has 0 radical (unpaired) electrons. The van der Waals surface area contributed by atoms with Gasteiger partial charge in [-0.2, -0.15) is 0 Å². The molecule has 0 rings (SSSR count). The molecule has 0 aromatic heterocycles. The van der Waals surface area contributed by atoms with Crippen LogP contribution in [0.2, 0.25) is 0 Å². The lowest BCUT2D eigenvalue weighted by atomic mass is 10.0. The molecule has 72 heavy (non-hydrogen) atoms. The molecule has 0 aromatic carbocycles. The molecule has 0 aliphatic rings. The molecular weight excluding hydrogens is 889 g/mol. The maximum atomic E-state index is 12.9. The number of unbranched alkanes of at least 4 members (excludes halogenated alkanes) is 33. The van der Waals surface area contributed by atoms with Crippen LogP contribution in [0.5, 0.6) is 0 Å². The molecule has 0 fully saturated rings. The third kappa shape index (κ3) is 57.7. The van der Waals surface area contributed by atoms with Crippen LogP contribution in [0.15, 0.2) is 72.9 Å². The lowest BCUT2D eigenvalue weighted by Gasteiger charge is -2.18. The van der Waals surface area contributed by atoms with Crippen molar-refractivity contribution in [2.75, 3.05) is 13.2 Å². The van der Waals surface area contributed by atoms with Crippen molar-refractivity contribution in [1.29, 1.82) is 0 Å². The van der Waals surface area contributed by atoms with Crippen molar-refractivity contribution < 1.29 is 28.6 Å². The van der Waals surface area contributed by atoms with Crippen molar-refractivity contribution in [2.24, 2.45) is 0 Å². The second kappa shape index (κ2) is 60.4. The van der Waals surface area contributed by atoms with E-state index in [1.54, 1.807) is 0 Å². The van der Waals surface area contributed by atoms with Crippen molar-refractivity contribution in [3.63, 3.8) is 0 Å². The number of ether oxygens (including phenoxy) is 3. The van der Waals surface area contributed by atoms with E-state index in [4.69, 9.17) is 14.2 Å². The second-order valence-corrected chi connectivity index (χ2v) is 20.6. The van der Waals surface area contributed by atoms with Crippen LogP contribution >= 0.6 is 0 Å². The molecule has 0 spiro atoms. The van der Waals surface area contributed by atoms with Gasteiger partial charge in [0.2, 0.25) is 0 Å². The first-order valence-corrected chi connectivity index (χ1v) is 30.9. The third-order valence-corrected chi connectivity index (χ3v) is 13.5. The Morgan fingerprint density at radius 3 is 0.847 bits per heavy atom. The molecule has 0 aliphatic carbocycles. The van der Waals surface area contributed by atoms with E-state index in [1.807, 2.05) is 0 Å². The number of carbonyl (C=O) groups excluding carboxylic acids is 3. The zero-order chi connectivity index (χ0) is 52.2. The molecule has 0 bridgehead atoms. The van der Waals surface area contributed by atoms with Gasteiger partial charge in [-0.15, -0.1) is 0 Å². The van der Waals surface area contributed by atoms with Gasteiger partial charge in [-0.25, -0.2) is 0 Å². The molecule has 0 amide bonds. The van der Waals surface area contributed by atoms with Crippen molar-refractivity contribution in [2.45, 2.75) is 316 Å². The highest BCUT2D eigenvalue weighted by molar-refractivity contribution is 5.71. The molecule has 1 atom stereocenters. The maximum Gasteiger partial charge on any atom is 0.306 e. The van der Waals surface area contributed by atoms with Gasteiger partial charge >= 0.3 is 17.9 Å². The highest BCUT2D eigenvalue weighted by atomic mass is 16.6. The van der Waals surface area contributed by atoms with Gasteiger partial charge in [-0.3, -0.25) is 14.4 Å². The highest BCUT2D eigenvalue weighted by Crippen LogP contribution is 2.17. The third-order valence-electron chi connectivity index (χ3n) is 13.5. The number of allylic oxidation sites excluding steroid dienone is 12. The van der Waals surface area contributed by atoms with E-state index in [1.165, 1.54) is 173 Å². The van der Waals surface area contributed by atoms with Crippen LogP contribution in [0, 0.1) is 0 Å². The summed E-state index contributed by atoms with van der Waals surface area (Å²) in [6.45, 7) is 6.53. The number of carbonyl (C=O) groups is 3. The molecule has 0 aromatic rings. The summed E-state index contributed by atoms with van der Waals surface area (Å²) in [5.41, 5.74) is 0. The van der Waals surface area contributed by atoms with Gasteiger partial charge in [-0.05, 0) is 70.6 Å². The Hall–Kier alpha value is -3.15. The minimum absolute atomic E-state index is 0.0852. The molecule has 1 unspecified atom stereocenters. The maximum absolute atomic E-state index is 12.9. The summed E-state index contributed by atoms with van der Waals surface area (Å²) >= 11 is 0. The minimum atomic E-state index is -0.791. The summed E-state index contributed by atoms with van der Waals surface area (Å²) < 4.78 is 16.9. The van der Waals surface area contributed by atoms with Crippen LogP contribution in [0.3, 0.4) is 0 Å². The zero-order valence-electron chi connectivity index (χ0n) is 47.7. The van der Waals surface area contributed by atoms with Crippen LogP contribution in [0.25, 0.3) is 0 Å². The Balaban J connectivity index is 4.37. The summed E-state index contributed by atoms with van der Waals surface area (Å²) in [6.07, 6.45) is 77.6. The van der Waals surface area contributed by atoms with E-state index in [9.17, 15) is 14.4 Å². The van der Waals surface area contributed by atoms with E-state index in [0.29, 0.717) is 19.3 Å². The first-order chi connectivity index (χ1) is 35.5. The number of hydrogen-bond donors (Lipinski definition) is 0. The van der Waals surface area contributed by atoms with Gasteiger partial charge in [0.15, 0.2) is 6.10 Å². The first kappa shape index (κ1) is 68.8. The van der Waals surface area contributed by atoms with E-state index < -0.39 is 6.10 Å². The highest BCUT2D eigenvalue weighted by Gasteiger charge is 2.19. The van der Waals surface area contributed by atoms with Crippen molar-refractivity contribution in [3.05, 3.63) is 72.9 Å². The second-order valence-electron chi connectivity index (χ2n) is 20.6. The topological polar surface area (TPSA) is 78.9 Å². The van der Waals surface area contributed by atoms with Crippen molar-refractivity contribution in [3.8, 4) is 0 Å². The van der Waals surface area contributed by atoms with Crippen LogP contribution < -0.4 is 0 Å². The molecule has 416 valence electrons.